The Hall–Kier alpha value is -1.62. The molecule has 1 fully saturated rings. The van der Waals surface area contributed by atoms with Crippen molar-refractivity contribution in [3.63, 3.8) is 0 Å². The largest absolute Gasteiger partial charge is 0.385 e. The molecule has 0 aliphatic carbocycles. The molecule has 0 radical (unpaired) electrons. The van der Waals surface area contributed by atoms with Gasteiger partial charge in [0.2, 0.25) is 0 Å². The Bertz CT molecular complexity index is 464. The first kappa shape index (κ1) is 13.8. The number of carbonyl (C=O) groups excluding carboxylic acids is 1. The summed E-state index contributed by atoms with van der Waals surface area (Å²) in [6, 6.07) is 4.90. The van der Waals surface area contributed by atoms with E-state index < -0.39 is 5.82 Å². The molecule has 4 nitrogen and oxygen atoms in total. The first-order valence-corrected chi connectivity index (χ1v) is 6.58. The van der Waals surface area contributed by atoms with Gasteiger partial charge in [-0.05, 0) is 38.6 Å². The molecular formula is C14H20FN3O. The van der Waals surface area contributed by atoms with E-state index in [2.05, 4.69) is 22.6 Å². The summed E-state index contributed by atoms with van der Waals surface area (Å²) in [5.74, 6) is -0.641. The predicted octanol–water partition coefficient (Wildman–Crippen LogP) is 1.69. The average Bonchev–Trinajstić information content (AvgIpc) is 2.81. The molecule has 1 atom stereocenters. The second-order valence-electron chi connectivity index (χ2n) is 4.90. The zero-order valence-electron chi connectivity index (χ0n) is 11.4. The van der Waals surface area contributed by atoms with Gasteiger partial charge in [-0.15, -0.1) is 0 Å². The molecule has 0 spiro atoms. The lowest BCUT2D eigenvalue weighted by Gasteiger charge is -2.20. The number of benzene rings is 1. The van der Waals surface area contributed by atoms with Gasteiger partial charge in [-0.1, -0.05) is 6.07 Å². The highest BCUT2D eigenvalue weighted by atomic mass is 19.1. The number of para-hydroxylation sites is 1. The van der Waals surface area contributed by atoms with Crippen LogP contribution in [-0.4, -0.2) is 44.0 Å². The van der Waals surface area contributed by atoms with E-state index in [4.69, 9.17) is 0 Å². The van der Waals surface area contributed by atoms with E-state index in [9.17, 15) is 9.18 Å². The van der Waals surface area contributed by atoms with Crippen LogP contribution >= 0.6 is 0 Å². The van der Waals surface area contributed by atoms with Crippen molar-refractivity contribution in [3.05, 3.63) is 29.6 Å². The summed E-state index contributed by atoms with van der Waals surface area (Å²) >= 11 is 0. The summed E-state index contributed by atoms with van der Waals surface area (Å²) < 4.78 is 13.6. The Morgan fingerprint density at radius 2 is 2.32 bits per heavy atom. The van der Waals surface area contributed by atoms with Crippen LogP contribution in [0.2, 0.25) is 0 Å². The summed E-state index contributed by atoms with van der Waals surface area (Å²) in [5.41, 5.74) is 0.600. The van der Waals surface area contributed by atoms with Gasteiger partial charge in [-0.25, -0.2) is 4.39 Å². The number of nitrogens with zero attached hydrogens (tertiary/aromatic N) is 1. The van der Waals surface area contributed by atoms with Crippen molar-refractivity contribution in [1.82, 2.24) is 10.2 Å². The number of amides is 1. The van der Waals surface area contributed by atoms with Crippen LogP contribution in [0, 0.1) is 5.82 Å². The highest BCUT2D eigenvalue weighted by molar-refractivity contribution is 5.99. The average molecular weight is 265 g/mol. The topological polar surface area (TPSA) is 44.4 Å². The monoisotopic (exact) mass is 265 g/mol. The van der Waals surface area contributed by atoms with Crippen LogP contribution in [0.5, 0.6) is 0 Å². The van der Waals surface area contributed by atoms with Crippen molar-refractivity contribution in [2.75, 3.05) is 32.5 Å². The lowest BCUT2D eigenvalue weighted by atomic mass is 10.1. The van der Waals surface area contributed by atoms with E-state index in [-0.39, 0.29) is 11.6 Å². The van der Waals surface area contributed by atoms with Crippen molar-refractivity contribution in [2.24, 2.45) is 0 Å². The molecule has 1 saturated heterocycles. The van der Waals surface area contributed by atoms with Gasteiger partial charge in [-0.3, -0.25) is 4.79 Å². The zero-order valence-corrected chi connectivity index (χ0v) is 11.4. The standard InChI is InChI=1S/C14H20FN3O/c1-16-13-11(6-3-7-12(13)15)14(19)17-9-10-5-4-8-18(10)2/h3,6-7,10,16H,4-5,8-9H2,1-2H3,(H,17,19). The van der Waals surface area contributed by atoms with Gasteiger partial charge < -0.3 is 15.5 Å². The number of hydrogen-bond donors (Lipinski definition) is 2. The number of likely N-dealkylation sites (N-methyl/N-ethyl adjacent to an activating group) is 1. The first-order chi connectivity index (χ1) is 9.13. The van der Waals surface area contributed by atoms with E-state index in [1.54, 1.807) is 19.2 Å². The first-order valence-electron chi connectivity index (χ1n) is 6.58. The van der Waals surface area contributed by atoms with Gasteiger partial charge in [-0.2, -0.15) is 0 Å². The van der Waals surface area contributed by atoms with Crippen LogP contribution in [-0.2, 0) is 0 Å². The van der Waals surface area contributed by atoms with Crippen molar-refractivity contribution in [2.45, 2.75) is 18.9 Å². The highest BCUT2D eigenvalue weighted by Gasteiger charge is 2.22. The summed E-state index contributed by atoms with van der Waals surface area (Å²) in [6.45, 7) is 1.68. The second kappa shape index (κ2) is 6.02. The van der Waals surface area contributed by atoms with E-state index in [1.165, 1.54) is 12.5 Å². The third-order valence-electron chi connectivity index (χ3n) is 3.68. The van der Waals surface area contributed by atoms with Gasteiger partial charge in [0.25, 0.3) is 5.91 Å². The maximum atomic E-state index is 13.6. The molecule has 0 saturated carbocycles. The molecule has 19 heavy (non-hydrogen) atoms. The third kappa shape index (κ3) is 3.04. The van der Waals surface area contributed by atoms with E-state index >= 15 is 0 Å². The fraction of sp³-hybridized carbons (Fsp3) is 0.500. The maximum Gasteiger partial charge on any atom is 0.253 e. The van der Waals surface area contributed by atoms with Gasteiger partial charge in [0.05, 0.1) is 11.3 Å². The third-order valence-corrected chi connectivity index (χ3v) is 3.68. The predicted molar refractivity (Wildman–Crippen MR) is 73.9 cm³/mol. The normalized spacial score (nSPS) is 19.4. The molecule has 5 heteroatoms. The van der Waals surface area contributed by atoms with Crippen LogP contribution in [0.4, 0.5) is 10.1 Å². The molecule has 0 aromatic heterocycles. The van der Waals surface area contributed by atoms with Crippen LogP contribution in [0.3, 0.4) is 0 Å². The smallest absolute Gasteiger partial charge is 0.253 e. The van der Waals surface area contributed by atoms with Crippen molar-refractivity contribution < 1.29 is 9.18 Å². The van der Waals surface area contributed by atoms with Crippen molar-refractivity contribution in [1.29, 1.82) is 0 Å². The minimum atomic E-state index is -0.409. The van der Waals surface area contributed by atoms with E-state index in [1.807, 2.05) is 0 Å². The summed E-state index contributed by atoms with van der Waals surface area (Å²) in [5, 5.41) is 5.62. The number of rotatable bonds is 4. The van der Waals surface area contributed by atoms with Crippen LogP contribution < -0.4 is 10.6 Å². The number of likely N-dealkylation sites (tertiary alicyclic amines) is 1. The molecule has 1 aliphatic rings. The number of hydrogen-bond acceptors (Lipinski definition) is 3. The van der Waals surface area contributed by atoms with Gasteiger partial charge in [0.15, 0.2) is 0 Å². The molecule has 1 unspecified atom stereocenters. The zero-order chi connectivity index (χ0) is 13.8. The molecule has 0 bridgehead atoms. The Kier molecular flexibility index (Phi) is 4.37. The molecule has 2 rings (SSSR count). The molecule has 1 heterocycles. The Morgan fingerprint density at radius 1 is 1.53 bits per heavy atom. The molecule has 1 aliphatic heterocycles. The van der Waals surface area contributed by atoms with Gasteiger partial charge in [0, 0.05) is 19.6 Å². The molecule has 1 aromatic rings. The number of anilines is 1. The second-order valence-corrected chi connectivity index (χ2v) is 4.90. The van der Waals surface area contributed by atoms with E-state index in [0.717, 1.165) is 13.0 Å². The Balaban J connectivity index is 2.02. The summed E-state index contributed by atoms with van der Waals surface area (Å²) in [7, 11) is 3.67. The lowest BCUT2D eigenvalue weighted by molar-refractivity contribution is 0.0944. The van der Waals surface area contributed by atoms with Gasteiger partial charge >= 0.3 is 0 Å². The molecule has 2 N–H and O–H groups in total. The SMILES string of the molecule is CNc1c(F)cccc1C(=O)NCC1CCCN1C. The minimum Gasteiger partial charge on any atom is -0.385 e. The van der Waals surface area contributed by atoms with Crippen LogP contribution in [0.1, 0.15) is 23.2 Å². The fourth-order valence-electron chi connectivity index (χ4n) is 2.51. The van der Waals surface area contributed by atoms with E-state index in [0.29, 0.717) is 18.2 Å². The molecule has 1 aromatic carbocycles. The van der Waals surface area contributed by atoms with Crippen LogP contribution in [0.25, 0.3) is 0 Å². The van der Waals surface area contributed by atoms with Crippen LogP contribution in [0.15, 0.2) is 18.2 Å². The van der Waals surface area contributed by atoms with Crippen molar-refractivity contribution in [3.8, 4) is 0 Å². The Labute approximate surface area is 113 Å². The Morgan fingerprint density at radius 3 is 2.95 bits per heavy atom. The minimum absolute atomic E-state index is 0.232. The number of nitrogens with one attached hydrogen (secondary N) is 2. The summed E-state index contributed by atoms with van der Waals surface area (Å²) in [6.07, 6.45) is 2.26. The van der Waals surface area contributed by atoms with Crippen molar-refractivity contribution >= 4 is 11.6 Å². The highest BCUT2D eigenvalue weighted by Crippen LogP contribution is 2.19. The quantitative estimate of drug-likeness (QED) is 0.871. The number of halogens is 1. The summed E-state index contributed by atoms with van der Waals surface area (Å²) in [4.78, 5) is 14.3. The van der Waals surface area contributed by atoms with Gasteiger partial charge in [0.1, 0.15) is 5.82 Å². The number of carbonyl (C=O) groups is 1. The maximum absolute atomic E-state index is 13.6. The molecule has 104 valence electrons. The lowest BCUT2D eigenvalue weighted by Crippen LogP contribution is -2.38. The fourth-order valence-corrected chi connectivity index (χ4v) is 2.51. The molecular weight excluding hydrogens is 245 g/mol. The molecule has 1 amide bonds.